The van der Waals surface area contributed by atoms with Crippen molar-refractivity contribution < 1.29 is 58.4 Å². The number of hydrogen-bond acceptors (Lipinski definition) is 10. The molecule has 1 aliphatic rings. The minimum atomic E-state index is -5.21. The lowest BCUT2D eigenvalue weighted by Gasteiger charge is -2.43. The van der Waals surface area contributed by atoms with Gasteiger partial charge >= 0.3 is 13.8 Å². The molecule has 0 aliphatic carbocycles. The number of aliphatic hydroxyl groups is 4. The maximum absolute atomic E-state index is 12.9. The SMILES string of the molecule is CCCCCCCCCCCC(O)CC(=O)N[C@H]1[C@H](OP(=O)(O)O)O[C@H](CO)[C@@H](O)[C@@H]1OC(=O)CC(O)CCCCCCCCCCC. The molecule has 7 N–H and O–H groups in total. The Morgan fingerprint density at radius 3 is 1.62 bits per heavy atom. The van der Waals surface area contributed by atoms with E-state index in [2.05, 4.69) is 19.2 Å². The molecule has 14 heteroatoms. The predicted molar refractivity (Wildman–Crippen MR) is 182 cm³/mol. The fourth-order valence-corrected chi connectivity index (χ4v) is 6.47. The van der Waals surface area contributed by atoms with Gasteiger partial charge in [-0.1, -0.05) is 129 Å². The maximum Gasteiger partial charge on any atom is 0.472 e. The Bertz CT molecular complexity index is 890. The lowest BCUT2D eigenvalue weighted by Crippen LogP contribution is -2.65. The number of hydrogen-bond donors (Lipinski definition) is 7. The second-order valence-electron chi connectivity index (χ2n) is 13.3. The van der Waals surface area contributed by atoms with E-state index in [1.807, 2.05) is 0 Å². The van der Waals surface area contributed by atoms with Gasteiger partial charge in [0.15, 0.2) is 12.4 Å². The van der Waals surface area contributed by atoms with Gasteiger partial charge in [-0.25, -0.2) is 4.57 Å². The van der Waals surface area contributed by atoms with Crippen LogP contribution in [0.1, 0.15) is 155 Å². The number of rotatable bonds is 29. The maximum atomic E-state index is 12.9. The molecule has 13 nitrogen and oxygen atoms in total. The summed E-state index contributed by atoms with van der Waals surface area (Å²) >= 11 is 0. The van der Waals surface area contributed by atoms with Gasteiger partial charge in [-0.2, -0.15) is 0 Å². The molecule has 48 heavy (non-hydrogen) atoms. The van der Waals surface area contributed by atoms with Crippen molar-refractivity contribution >= 4 is 19.7 Å². The fraction of sp³-hybridized carbons (Fsp3) is 0.941. The number of aliphatic hydroxyl groups excluding tert-OH is 4. The van der Waals surface area contributed by atoms with Gasteiger partial charge in [0.2, 0.25) is 5.91 Å². The van der Waals surface area contributed by atoms with E-state index >= 15 is 0 Å². The number of carbonyl (C=O) groups excluding carboxylic acids is 2. The Morgan fingerprint density at radius 2 is 1.19 bits per heavy atom. The molecule has 0 bridgehead atoms. The summed E-state index contributed by atoms with van der Waals surface area (Å²) in [4.78, 5) is 44.7. The van der Waals surface area contributed by atoms with Gasteiger partial charge in [0.1, 0.15) is 18.2 Å². The molecule has 1 rings (SSSR count). The normalized spacial score (nSPS) is 22.7. The van der Waals surface area contributed by atoms with E-state index in [1.54, 1.807) is 0 Å². The molecule has 1 aliphatic heterocycles. The van der Waals surface area contributed by atoms with E-state index in [9.17, 15) is 44.4 Å². The van der Waals surface area contributed by atoms with Crippen LogP contribution in [0.5, 0.6) is 0 Å². The number of nitrogens with one attached hydrogen (secondary N) is 1. The number of carbonyl (C=O) groups is 2. The van der Waals surface area contributed by atoms with Gasteiger partial charge in [0, 0.05) is 0 Å². The number of esters is 1. The summed E-state index contributed by atoms with van der Waals surface area (Å²) in [6.45, 7) is 3.55. The van der Waals surface area contributed by atoms with Gasteiger partial charge in [-0.3, -0.25) is 14.1 Å². The van der Waals surface area contributed by atoms with E-state index in [-0.39, 0.29) is 6.42 Å². The first kappa shape index (κ1) is 44.9. The monoisotopic (exact) mass is 711 g/mol. The molecule has 1 heterocycles. The van der Waals surface area contributed by atoms with Crippen LogP contribution >= 0.6 is 7.82 Å². The summed E-state index contributed by atoms with van der Waals surface area (Å²) in [5, 5.41) is 43.9. The standard InChI is InChI=1S/C34H66NO12P/c1-3-5-7-9-11-13-15-17-19-21-26(37)23-29(39)35-31-33(32(41)28(25-36)45-34(31)47-48(42,43)44)46-30(40)24-27(38)22-20-18-16-14-12-10-8-6-4-2/h26-28,31-34,36-38,41H,3-25H2,1-2H3,(H,35,39)(H2,42,43,44)/t26?,27?,28-,31-,32-,33-,34+/m1/s1. The summed E-state index contributed by atoms with van der Waals surface area (Å²) in [6, 6.07) is -1.60. The summed E-state index contributed by atoms with van der Waals surface area (Å²) in [6.07, 6.45) is 11.0. The van der Waals surface area contributed by atoms with Crippen molar-refractivity contribution in [3.05, 3.63) is 0 Å². The first-order valence-electron chi connectivity index (χ1n) is 18.4. The van der Waals surface area contributed by atoms with Gasteiger partial charge in [-0.05, 0) is 12.8 Å². The van der Waals surface area contributed by atoms with E-state index in [0.717, 1.165) is 44.9 Å². The molecule has 7 atom stereocenters. The fourth-order valence-electron chi connectivity index (χ4n) is 6.02. The summed E-state index contributed by atoms with van der Waals surface area (Å²) in [5.74, 6) is -1.66. The number of unbranched alkanes of at least 4 members (excludes halogenated alkanes) is 16. The second kappa shape index (κ2) is 26.6. The molecule has 0 spiro atoms. The molecule has 0 aromatic heterocycles. The Balaban J connectivity index is 2.70. The van der Waals surface area contributed by atoms with Crippen LogP contribution in [-0.2, 0) is 28.2 Å². The van der Waals surface area contributed by atoms with Crippen LogP contribution < -0.4 is 5.32 Å². The number of amides is 1. The highest BCUT2D eigenvalue weighted by atomic mass is 31.2. The third-order valence-electron chi connectivity index (χ3n) is 8.80. The molecule has 2 unspecified atom stereocenters. The molecule has 1 saturated heterocycles. The number of phosphoric acid groups is 1. The van der Waals surface area contributed by atoms with Crippen LogP contribution in [0.4, 0.5) is 0 Å². The lowest BCUT2D eigenvalue weighted by molar-refractivity contribution is -0.254. The Kier molecular flexibility index (Phi) is 24.9. The van der Waals surface area contributed by atoms with Crippen molar-refractivity contribution in [2.45, 2.75) is 198 Å². The molecular formula is C34H66NO12P. The van der Waals surface area contributed by atoms with Crippen molar-refractivity contribution in [1.82, 2.24) is 5.32 Å². The first-order valence-corrected chi connectivity index (χ1v) is 20.0. The highest BCUT2D eigenvalue weighted by Crippen LogP contribution is 2.41. The van der Waals surface area contributed by atoms with Crippen molar-refractivity contribution in [2.24, 2.45) is 0 Å². The van der Waals surface area contributed by atoms with E-state index < -0.39 is 75.6 Å². The quantitative estimate of drug-likeness (QED) is 0.0313. The van der Waals surface area contributed by atoms with Gasteiger partial charge in [-0.15, -0.1) is 0 Å². The average Bonchev–Trinajstić information content (AvgIpc) is 3.01. The highest BCUT2D eigenvalue weighted by molar-refractivity contribution is 7.46. The van der Waals surface area contributed by atoms with Gasteiger partial charge in [0.25, 0.3) is 0 Å². The van der Waals surface area contributed by atoms with Crippen LogP contribution in [0.15, 0.2) is 0 Å². The molecule has 0 radical (unpaired) electrons. The van der Waals surface area contributed by atoms with E-state index in [1.165, 1.54) is 64.2 Å². The summed E-state index contributed by atoms with van der Waals surface area (Å²) < 4.78 is 27.2. The average molecular weight is 712 g/mol. The van der Waals surface area contributed by atoms with Crippen LogP contribution in [-0.4, -0.2) is 91.5 Å². The highest BCUT2D eigenvalue weighted by Gasteiger charge is 2.50. The molecular weight excluding hydrogens is 645 g/mol. The van der Waals surface area contributed by atoms with Gasteiger partial charge < -0.3 is 45.0 Å². The summed E-state index contributed by atoms with van der Waals surface area (Å²) in [5.41, 5.74) is 0. The molecule has 0 aromatic carbocycles. The third kappa shape index (κ3) is 21.2. The van der Waals surface area contributed by atoms with Crippen molar-refractivity contribution in [1.29, 1.82) is 0 Å². The zero-order valence-corrected chi connectivity index (χ0v) is 30.3. The lowest BCUT2D eigenvalue weighted by atomic mass is 9.96. The predicted octanol–water partition coefficient (Wildman–Crippen LogP) is 4.91. The first-order chi connectivity index (χ1) is 22.9. The third-order valence-corrected chi connectivity index (χ3v) is 9.28. The Hall–Kier alpha value is -1.15. The van der Waals surface area contributed by atoms with Crippen LogP contribution in [0.25, 0.3) is 0 Å². The van der Waals surface area contributed by atoms with Crippen molar-refractivity contribution in [2.75, 3.05) is 6.61 Å². The molecule has 1 fully saturated rings. The molecule has 0 aromatic rings. The van der Waals surface area contributed by atoms with Crippen LogP contribution in [0.3, 0.4) is 0 Å². The minimum absolute atomic E-state index is 0.353. The van der Waals surface area contributed by atoms with Crippen molar-refractivity contribution in [3.8, 4) is 0 Å². The molecule has 284 valence electrons. The Morgan fingerprint density at radius 1 is 0.750 bits per heavy atom. The minimum Gasteiger partial charge on any atom is -0.457 e. The van der Waals surface area contributed by atoms with Gasteiger partial charge in [0.05, 0.1) is 31.7 Å². The second-order valence-corrected chi connectivity index (χ2v) is 14.5. The topological polar surface area (TPSA) is 212 Å². The zero-order valence-electron chi connectivity index (χ0n) is 29.4. The van der Waals surface area contributed by atoms with E-state index in [0.29, 0.717) is 19.3 Å². The van der Waals surface area contributed by atoms with E-state index in [4.69, 9.17) is 14.0 Å². The largest absolute Gasteiger partial charge is 0.472 e. The van der Waals surface area contributed by atoms with Crippen LogP contribution in [0.2, 0.25) is 0 Å². The molecule has 0 saturated carbocycles. The zero-order chi connectivity index (χ0) is 35.8. The summed E-state index contributed by atoms with van der Waals surface area (Å²) in [7, 11) is -5.21. The number of phosphoric ester groups is 1. The smallest absolute Gasteiger partial charge is 0.457 e. The Labute approximate surface area is 287 Å². The van der Waals surface area contributed by atoms with Crippen molar-refractivity contribution in [3.63, 3.8) is 0 Å². The van der Waals surface area contributed by atoms with Crippen LogP contribution in [0, 0.1) is 0 Å². The number of ether oxygens (including phenoxy) is 2. The molecule has 1 amide bonds.